The molecule has 0 aromatic heterocycles. The van der Waals surface area contributed by atoms with Crippen LogP contribution in [0.2, 0.25) is 0 Å². The van der Waals surface area contributed by atoms with Crippen LogP contribution in [0.5, 0.6) is 0 Å². The van der Waals surface area contributed by atoms with Gasteiger partial charge in [-0.15, -0.1) is 18.3 Å². The Labute approximate surface area is 220 Å². The summed E-state index contributed by atoms with van der Waals surface area (Å²) in [6.45, 7) is 12.6. The van der Waals surface area contributed by atoms with E-state index in [1.807, 2.05) is 13.0 Å². The van der Waals surface area contributed by atoms with Gasteiger partial charge in [0, 0.05) is 34.5 Å². The zero-order chi connectivity index (χ0) is 26.2. The van der Waals surface area contributed by atoms with E-state index < -0.39 is 29.1 Å². The summed E-state index contributed by atoms with van der Waals surface area (Å²) in [5.41, 5.74) is 4.72. The molecule has 0 aromatic rings. The van der Waals surface area contributed by atoms with E-state index in [1.54, 1.807) is 0 Å². The molecule has 4 N–H and O–H groups in total. The summed E-state index contributed by atoms with van der Waals surface area (Å²) >= 11 is 1.48. The number of esters is 1. The van der Waals surface area contributed by atoms with Crippen molar-refractivity contribution in [2.75, 3.05) is 5.75 Å². The summed E-state index contributed by atoms with van der Waals surface area (Å²) in [4.78, 5) is 26.8. The Bertz CT molecular complexity index is 927. The van der Waals surface area contributed by atoms with Crippen molar-refractivity contribution in [1.82, 2.24) is 0 Å². The zero-order valence-electron chi connectivity index (χ0n) is 22.3. The number of aliphatic hydroxyl groups is 2. The quantitative estimate of drug-likeness (QED) is 0.375. The van der Waals surface area contributed by atoms with Crippen LogP contribution >= 0.6 is 11.8 Å². The number of thioether (sulfide) groups is 1. The molecule has 5 aliphatic carbocycles. The number of aliphatic hydroxyl groups excluding tert-OH is 2. The maximum absolute atomic E-state index is 13.5. The van der Waals surface area contributed by atoms with E-state index in [2.05, 4.69) is 27.4 Å². The van der Waals surface area contributed by atoms with Crippen LogP contribution in [-0.2, 0) is 14.3 Å². The molecule has 6 nitrogen and oxygen atoms in total. The third kappa shape index (κ3) is 3.70. The summed E-state index contributed by atoms with van der Waals surface area (Å²) in [6, 6.07) is 0.166. The number of ketones is 1. The molecule has 5 saturated carbocycles. The highest BCUT2D eigenvalue weighted by molar-refractivity contribution is 8.00. The van der Waals surface area contributed by atoms with Crippen molar-refractivity contribution in [2.45, 2.75) is 102 Å². The first-order valence-electron chi connectivity index (χ1n) is 14.0. The van der Waals surface area contributed by atoms with Gasteiger partial charge in [0.25, 0.3) is 0 Å². The number of carbonyl (C=O) groups is 2. The first-order chi connectivity index (χ1) is 16.9. The number of Topliss-reactive ketones (excluding diaryl/α,β-unsaturated/α-hetero) is 1. The van der Waals surface area contributed by atoms with E-state index in [0.717, 1.165) is 32.1 Å². The predicted molar refractivity (Wildman–Crippen MR) is 141 cm³/mol. The van der Waals surface area contributed by atoms with Crippen molar-refractivity contribution in [3.8, 4) is 0 Å². The molecule has 202 valence electrons. The molecule has 13 atom stereocenters. The molecule has 0 saturated heterocycles. The van der Waals surface area contributed by atoms with Gasteiger partial charge < -0.3 is 20.7 Å². The Kier molecular flexibility index (Phi) is 6.75. The fourth-order valence-corrected chi connectivity index (χ4v) is 10.4. The van der Waals surface area contributed by atoms with Gasteiger partial charge in [-0.05, 0) is 67.6 Å². The lowest BCUT2D eigenvalue weighted by atomic mass is 9.44. The maximum Gasteiger partial charge on any atom is 0.316 e. The second kappa shape index (κ2) is 9.10. The lowest BCUT2D eigenvalue weighted by Crippen LogP contribution is -2.63. The Hall–Kier alpha value is -0.890. The Morgan fingerprint density at radius 3 is 2.58 bits per heavy atom. The topological polar surface area (TPSA) is 110 Å². The van der Waals surface area contributed by atoms with E-state index in [4.69, 9.17) is 10.5 Å². The number of ether oxygens (including phenoxy) is 1. The Morgan fingerprint density at radius 2 is 1.94 bits per heavy atom. The number of carbonyl (C=O) groups excluding carboxylic acids is 2. The van der Waals surface area contributed by atoms with Crippen LogP contribution in [0.4, 0.5) is 0 Å². The Morgan fingerprint density at radius 1 is 1.22 bits per heavy atom. The third-order valence-electron chi connectivity index (χ3n) is 12.0. The van der Waals surface area contributed by atoms with Crippen molar-refractivity contribution in [3.05, 3.63) is 12.7 Å². The van der Waals surface area contributed by atoms with E-state index in [9.17, 15) is 19.8 Å². The lowest BCUT2D eigenvalue weighted by molar-refractivity contribution is -0.205. The monoisotopic (exact) mass is 519 g/mol. The van der Waals surface area contributed by atoms with Crippen LogP contribution < -0.4 is 5.73 Å². The van der Waals surface area contributed by atoms with Crippen LogP contribution in [0.3, 0.4) is 0 Å². The molecule has 2 bridgehead atoms. The van der Waals surface area contributed by atoms with Crippen LogP contribution in [0.1, 0.15) is 72.6 Å². The first kappa shape index (κ1) is 26.7. The minimum atomic E-state index is -0.662. The summed E-state index contributed by atoms with van der Waals surface area (Å²) in [7, 11) is 0. The van der Waals surface area contributed by atoms with E-state index in [-0.39, 0.29) is 57.9 Å². The minimum Gasteiger partial charge on any atom is -0.461 e. The zero-order valence-corrected chi connectivity index (χ0v) is 23.1. The van der Waals surface area contributed by atoms with Gasteiger partial charge in [0.15, 0.2) is 0 Å². The normalized spacial score (nSPS) is 54.0. The SMILES string of the molecule is C=C[C@]1(C)C[C@@H](OC(=O)CS[C@H]2C[C@@H]3[C@@H](C[C@@H]3N)[C@@H]2O)[C@]2(C)C(C)CCC3(CCC(=O)[C@H]32)[C@@H](C)C1O. The van der Waals surface area contributed by atoms with E-state index in [1.165, 1.54) is 11.8 Å². The molecule has 0 aromatic carbocycles. The minimum absolute atomic E-state index is 0.00722. The van der Waals surface area contributed by atoms with Gasteiger partial charge >= 0.3 is 5.97 Å². The fraction of sp³-hybridized carbons (Fsp3) is 0.862. The van der Waals surface area contributed by atoms with Crippen molar-refractivity contribution in [2.24, 2.45) is 51.6 Å². The van der Waals surface area contributed by atoms with Crippen LogP contribution in [-0.4, -0.2) is 57.3 Å². The van der Waals surface area contributed by atoms with Gasteiger partial charge in [-0.1, -0.05) is 33.8 Å². The average Bonchev–Trinajstić information content (AvgIpc) is 3.32. The average molecular weight is 520 g/mol. The summed E-state index contributed by atoms with van der Waals surface area (Å²) < 4.78 is 6.33. The largest absolute Gasteiger partial charge is 0.461 e. The molecule has 5 rings (SSSR count). The second-order valence-corrected chi connectivity index (χ2v) is 14.6. The summed E-state index contributed by atoms with van der Waals surface area (Å²) in [5, 5.41) is 22.3. The molecule has 36 heavy (non-hydrogen) atoms. The predicted octanol–water partition coefficient (Wildman–Crippen LogP) is 3.72. The van der Waals surface area contributed by atoms with Gasteiger partial charge in [-0.2, -0.15) is 0 Å². The standard InChI is InChI=1S/C29H45NO5S/c1-6-27(4)13-22(35-23(32)14-36-21-12-17-18(24(21)33)11-19(17)30)28(5)15(2)7-9-29(16(3)26(27)34)10-8-20(31)25(28)29/h6,15-19,21-22,24-26,33-34H,1,7-14,30H2,2-5H3/t15?,16-,17+,18+,19-,21-,22+,24-,25-,26?,27+,28-,29?/m0/s1. The molecule has 0 spiro atoms. The molecule has 5 aliphatic rings. The highest BCUT2D eigenvalue weighted by atomic mass is 32.2. The molecule has 0 amide bonds. The van der Waals surface area contributed by atoms with Gasteiger partial charge in [0.2, 0.25) is 0 Å². The fourth-order valence-electron chi connectivity index (χ4n) is 9.25. The van der Waals surface area contributed by atoms with Gasteiger partial charge in [0.05, 0.1) is 18.0 Å². The van der Waals surface area contributed by atoms with Crippen molar-refractivity contribution in [3.63, 3.8) is 0 Å². The smallest absolute Gasteiger partial charge is 0.316 e. The molecular weight excluding hydrogens is 474 g/mol. The lowest BCUT2D eigenvalue weighted by Gasteiger charge is -2.61. The molecule has 0 aliphatic heterocycles. The molecule has 3 unspecified atom stereocenters. The molecular formula is C29H45NO5S. The van der Waals surface area contributed by atoms with Gasteiger partial charge in [-0.25, -0.2) is 0 Å². The van der Waals surface area contributed by atoms with Gasteiger partial charge in [0.1, 0.15) is 11.9 Å². The van der Waals surface area contributed by atoms with Crippen LogP contribution in [0, 0.1) is 45.8 Å². The van der Waals surface area contributed by atoms with Crippen molar-refractivity contribution >= 4 is 23.5 Å². The highest BCUT2D eigenvalue weighted by Crippen LogP contribution is 2.68. The van der Waals surface area contributed by atoms with E-state index in [0.29, 0.717) is 18.8 Å². The number of rotatable bonds is 5. The molecule has 0 radical (unpaired) electrons. The van der Waals surface area contributed by atoms with Gasteiger partial charge in [-0.3, -0.25) is 9.59 Å². The highest BCUT2D eigenvalue weighted by Gasteiger charge is 2.68. The summed E-state index contributed by atoms with van der Waals surface area (Å²) in [6.07, 6.45) is 5.64. The third-order valence-corrected chi connectivity index (χ3v) is 13.3. The number of nitrogens with two attached hydrogens (primary N) is 1. The number of hydrogen-bond donors (Lipinski definition) is 3. The number of fused-ring (bicyclic) bond motifs is 1. The van der Waals surface area contributed by atoms with E-state index >= 15 is 0 Å². The Balaban J connectivity index is 1.40. The van der Waals surface area contributed by atoms with Crippen LogP contribution in [0.15, 0.2) is 12.7 Å². The van der Waals surface area contributed by atoms with Crippen LogP contribution in [0.25, 0.3) is 0 Å². The first-order valence-corrected chi connectivity index (χ1v) is 15.0. The van der Waals surface area contributed by atoms with Crippen molar-refractivity contribution < 1.29 is 24.5 Å². The second-order valence-electron chi connectivity index (χ2n) is 13.4. The maximum atomic E-state index is 13.5. The summed E-state index contributed by atoms with van der Waals surface area (Å²) in [5.74, 6) is 0.720. The molecule has 7 heteroatoms. The molecule has 0 heterocycles. The molecule has 5 fully saturated rings. The van der Waals surface area contributed by atoms with Crippen molar-refractivity contribution in [1.29, 1.82) is 0 Å². The number of hydrogen-bond acceptors (Lipinski definition) is 7.